The van der Waals surface area contributed by atoms with Gasteiger partial charge in [0.1, 0.15) is 0 Å². The standard InChI is InChI=1S/C18H27NO2/c1-3-4-5-15-6-8-16(9-7-15)12-18(21)19-11-10-14(2)17(20)13-19/h6-9,14,17,20H,3-5,10-13H2,1-2H3. The van der Waals surface area contributed by atoms with Crippen LogP contribution in [0.2, 0.25) is 0 Å². The zero-order valence-corrected chi connectivity index (χ0v) is 13.2. The maximum absolute atomic E-state index is 12.3. The summed E-state index contributed by atoms with van der Waals surface area (Å²) in [6.07, 6.45) is 4.48. The van der Waals surface area contributed by atoms with E-state index in [2.05, 4.69) is 31.2 Å². The average molecular weight is 289 g/mol. The summed E-state index contributed by atoms with van der Waals surface area (Å²) in [7, 11) is 0. The topological polar surface area (TPSA) is 40.5 Å². The Morgan fingerprint density at radius 2 is 1.95 bits per heavy atom. The second-order valence-electron chi connectivity index (χ2n) is 6.27. The Morgan fingerprint density at radius 3 is 2.57 bits per heavy atom. The van der Waals surface area contributed by atoms with Gasteiger partial charge in [0, 0.05) is 13.1 Å². The number of β-amino-alcohol motifs (C(OH)–C–C–N with tert-alkyl or cyclic N) is 1. The smallest absolute Gasteiger partial charge is 0.227 e. The third-order valence-corrected chi connectivity index (χ3v) is 4.47. The number of nitrogens with zero attached hydrogens (tertiary/aromatic N) is 1. The molecule has 1 saturated heterocycles. The number of carbonyl (C=O) groups is 1. The summed E-state index contributed by atoms with van der Waals surface area (Å²) in [6, 6.07) is 8.38. The maximum atomic E-state index is 12.3. The lowest BCUT2D eigenvalue weighted by molar-refractivity contribution is -0.134. The predicted octanol–water partition coefficient (Wildman–Crippen LogP) is 2.80. The van der Waals surface area contributed by atoms with Gasteiger partial charge in [-0.1, -0.05) is 44.5 Å². The summed E-state index contributed by atoms with van der Waals surface area (Å²) in [6.45, 7) is 5.49. The summed E-state index contributed by atoms with van der Waals surface area (Å²) in [5, 5.41) is 9.89. The summed E-state index contributed by atoms with van der Waals surface area (Å²) in [4.78, 5) is 14.1. The number of likely N-dealkylation sites (tertiary alicyclic amines) is 1. The second-order valence-corrected chi connectivity index (χ2v) is 6.27. The molecule has 3 heteroatoms. The molecule has 1 N–H and O–H groups in total. The van der Waals surface area contributed by atoms with Gasteiger partial charge >= 0.3 is 0 Å². The van der Waals surface area contributed by atoms with Gasteiger partial charge in [-0.25, -0.2) is 0 Å². The van der Waals surface area contributed by atoms with E-state index in [1.54, 1.807) is 4.90 Å². The van der Waals surface area contributed by atoms with Crippen LogP contribution in [0.15, 0.2) is 24.3 Å². The van der Waals surface area contributed by atoms with E-state index >= 15 is 0 Å². The fourth-order valence-corrected chi connectivity index (χ4v) is 2.77. The van der Waals surface area contributed by atoms with Gasteiger partial charge in [0.25, 0.3) is 0 Å². The van der Waals surface area contributed by atoms with Crippen molar-refractivity contribution >= 4 is 5.91 Å². The maximum Gasteiger partial charge on any atom is 0.227 e. The van der Waals surface area contributed by atoms with E-state index < -0.39 is 0 Å². The number of unbranched alkanes of at least 4 members (excludes halogenated alkanes) is 1. The van der Waals surface area contributed by atoms with E-state index in [0.29, 0.717) is 18.9 Å². The minimum atomic E-state index is -0.376. The lowest BCUT2D eigenvalue weighted by atomic mass is 9.95. The number of hydrogen-bond acceptors (Lipinski definition) is 2. The van der Waals surface area contributed by atoms with Crippen LogP contribution in [0.4, 0.5) is 0 Å². The van der Waals surface area contributed by atoms with E-state index in [1.807, 2.05) is 6.92 Å². The molecule has 0 aromatic heterocycles. The number of carbonyl (C=O) groups excluding carboxylic acids is 1. The average Bonchev–Trinajstić information content (AvgIpc) is 2.49. The highest BCUT2D eigenvalue weighted by Crippen LogP contribution is 2.18. The van der Waals surface area contributed by atoms with E-state index in [-0.39, 0.29) is 12.0 Å². The van der Waals surface area contributed by atoms with Crippen LogP contribution in [0, 0.1) is 5.92 Å². The fourth-order valence-electron chi connectivity index (χ4n) is 2.77. The van der Waals surface area contributed by atoms with Gasteiger partial charge in [-0.3, -0.25) is 4.79 Å². The summed E-state index contributed by atoms with van der Waals surface area (Å²) in [5.41, 5.74) is 2.41. The first-order valence-electron chi connectivity index (χ1n) is 8.13. The second kappa shape index (κ2) is 7.60. The lowest BCUT2D eigenvalue weighted by Gasteiger charge is -2.34. The van der Waals surface area contributed by atoms with Gasteiger partial charge in [-0.15, -0.1) is 0 Å². The molecule has 1 amide bonds. The van der Waals surface area contributed by atoms with E-state index in [9.17, 15) is 9.90 Å². The molecule has 1 fully saturated rings. The van der Waals surface area contributed by atoms with Crippen LogP contribution in [0.1, 0.15) is 44.2 Å². The number of hydrogen-bond donors (Lipinski definition) is 1. The molecule has 0 saturated carbocycles. The molecule has 2 unspecified atom stereocenters. The van der Waals surface area contributed by atoms with E-state index in [1.165, 1.54) is 18.4 Å². The first-order chi connectivity index (χ1) is 10.1. The van der Waals surface area contributed by atoms with Crippen LogP contribution in [-0.2, 0) is 17.6 Å². The van der Waals surface area contributed by atoms with Crippen molar-refractivity contribution in [3.05, 3.63) is 35.4 Å². The molecule has 2 atom stereocenters. The molecule has 1 aliphatic rings. The van der Waals surface area contributed by atoms with Crippen LogP contribution < -0.4 is 0 Å². The quantitative estimate of drug-likeness (QED) is 0.905. The molecule has 0 aliphatic carbocycles. The SMILES string of the molecule is CCCCc1ccc(CC(=O)N2CCC(C)C(O)C2)cc1. The molecule has 2 rings (SSSR count). The van der Waals surface area contributed by atoms with Crippen LogP contribution in [0.3, 0.4) is 0 Å². The summed E-state index contributed by atoms with van der Waals surface area (Å²) < 4.78 is 0. The molecule has 1 aliphatic heterocycles. The van der Waals surface area contributed by atoms with Crippen LogP contribution in [0.25, 0.3) is 0 Å². The number of piperidine rings is 1. The Hall–Kier alpha value is -1.35. The minimum absolute atomic E-state index is 0.127. The van der Waals surface area contributed by atoms with Crippen molar-refractivity contribution in [2.45, 2.75) is 52.1 Å². The van der Waals surface area contributed by atoms with Gasteiger partial charge in [0.2, 0.25) is 5.91 Å². The number of amides is 1. The zero-order chi connectivity index (χ0) is 15.2. The molecule has 3 nitrogen and oxygen atoms in total. The van der Waals surface area contributed by atoms with Crippen molar-refractivity contribution < 1.29 is 9.90 Å². The van der Waals surface area contributed by atoms with Crippen LogP contribution in [0.5, 0.6) is 0 Å². The monoisotopic (exact) mass is 289 g/mol. The third kappa shape index (κ3) is 4.57. The summed E-state index contributed by atoms with van der Waals surface area (Å²) in [5.74, 6) is 0.425. The van der Waals surface area contributed by atoms with E-state index in [0.717, 1.165) is 24.9 Å². The molecule has 0 spiro atoms. The highest BCUT2D eigenvalue weighted by molar-refractivity contribution is 5.78. The first-order valence-corrected chi connectivity index (χ1v) is 8.13. The fraction of sp³-hybridized carbons (Fsp3) is 0.611. The molecule has 116 valence electrons. The molecule has 1 heterocycles. The van der Waals surface area contributed by atoms with Gasteiger partial charge in [-0.2, -0.15) is 0 Å². The van der Waals surface area contributed by atoms with Gasteiger partial charge in [0.15, 0.2) is 0 Å². The Balaban J connectivity index is 1.87. The molecule has 0 bridgehead atoms. The number of aliphatic hydroxyl groups is 1. The summed E-state index contributed by atoms with van der Waals surface area (Å²) >= 11 is 0. The van der Waals surface area contributed by atoms with Crippen molar-refractivity contribution in [1.29, 1.82) is 0 Å². The zero-order valence-electron chi connectivity index (χ0n) is 13.2. The number of rotatable bonds is 5. The Labute approximate surface area is 128 Å². The minimum Gasteiger partial charge on any atom is -0.391 e. The Kier molecular flexibility index (Phi) is 5.80. The Morgan fingerprint density at radius 1 is 1.29 bits per heavy atom. The number of aliphatic hydroxyl groups excluding tert-OH is 1. The van der Waals surface area contributed by atoms with Crippen LogP contribution in [-0.4, -0.2) is 35.1 Å². The van der Waals surface area contributed by atoms with Gasteiger partial charge in [-0.05, 0) is 36.3 Å². The van der Waals surface area contributed by atoms with Gasteiger partial charge in [0.05, 0.1) is 12.5 Å². The van der Waals surface area contributed by atoms with Crippen LogP contribution >= 0.6 is 0 Å². The normalized spacial score (nSPS) is 22.3. The molecule has 1 aromatic carbocycles. The van der Waals surface area contributed by atoms with Crippen molar-refractivity contribution in [2.75, 3.05) is 13.1 Å². The lowest BCUT2D eigenvalue weighted by Crippen LogP contribution is -2.46. The van der Waals surface area contributed by atoms with Crippen molar-refractivity contribution in [3.8, 4) is 0 Å². The first kappa shape index (κ1) is 16.0. The molecule has 1 aromatic rings. The van der Waals surface area contributed by atoms with Crippen molar-refractivity contribution in [3.63, 3.8) is 0 Å². The van der Waals surface area contributed by atoms with Crippen molar-refractivity contribution in [2.24, 2.45) is 5.92 Å². The molecule has 21 heavy (non-hydrogen) atoms. The molecular formula is C18H27NO2. The highest BCUT2D eigenvalue weighted by Gasteiger charge is 2.27. The Bertz CT molecular complexity index is 455. The number of benzene rings is 1. The van der Waals surface area contributed by atoms with Crippen molar-refractivity contribution in [1.82, 2.24) is 4.90 Å². The molecule has 0 radical (unpaired) electrons. The predicted molar refractivity (Wildman–Crippen MR) is 85.1 cm³/mol. The molecular weight excluding hydrogens is 262 g/mol. The number of aryl methyl sites for hydroxylation is 1. The highest BCUT2D eigenvalue weighted by atomic mass is 16.3. The van der Waals surface area contributed by atoms with Gasteiger partial charge < -0.3 is 10.0 Å². The third-order valence-electron chi connectivity index (χ3n) is 4.47. The largest absolute Gasteiger partial charge is 0.391 e. The van der Waals surface area contributed by atoms with E-state index in [4.69, 9.17) is 0 Å².